The topological polar surface area (TPSA) is 63.0 Å². The third kappa shape index (κ3) is 3.39. The maximum Gasteiger partial charge on any atom is 0.156 e. The van der Waals surface area contributed by atoms with Gasteiger partial charge in [0.25, 0.3) is 0 Å². The molecule has 1 aliphatic carbocycles. The van der Waals surface area contributed by atoms with Crippen molar-refractivity contribution < 1.29 is 9.53 Å². The van der Waals surface area contributed by atoms with Gasteiger partial charge in [-0.25, -0.2) is 0 Å². The number of hydrogen-bond donors (Lipinski definition) is 0. The molecule has 2 rings (SSSR count). The van der Waals surface area contributed by atoms with Gasteiger partial charge in [-0.2, -0.15) is 5.26 Å². The van der Waals surface area contributed by atoms with E-state index in [2.05, 4.69) is 11.1 Å². The van der Waals surface area contributed by atoms with Gasteiger partial charge >= 0.3 is 0 Å². The van der Waals surface area contributed by atoms with E-state index in [0.717, 1.165) is 19.4 Å². The molecule has 0 spiro atoms. The van der Waals surface area contributed by atoms with Crippen molar-refractivity contribution in [3.05, 3.63) is 30.1 Å². The van der Waals surface area contributed by atoms with Gasteiger partial charge in [0.2, 0.25) is 0 Å². The molecule has 0 bridgehead atoms. The Morgan fingerprint density at radius 3 is 2.95 bits per heavy atom. The lowest BCUT2D eigenvalue weighted by molar-refractivity contribution is -0.122. The monoisotopic (exact) mass is 258 g/mol. The molecule has 0 amide bonds. The Labute approximate surface area is 113 Å². The average Bonchev–Trinajstić information content (AvgIpc) is 2.38. The highest BCUT2D eigenvalue weighted by Gasteiger charge is 2.33. The Morgan fingerprint density at radius 1 is 1.58 bits per heavy atom. The van der Waals surface area contributed by atoms with Crippen molar-refractivity contribution >= 4 is 5.78 Å². The summed E-state index contributed by atoms with van der Waals surface area (Å²) in [5, 5.41) is 9.15. The van der Waals surface area contributed by atoms with Gasteiger partial charge in [0.05, 0.1) is 17.9 Å². The van der Waals surface area contributed by atoms with Gasteiger partial charge in [-0.15, -0.1) is 0 Å². The fraction of sp³-hybridized carbons (Fsp3) is 0.533. The number of Topliss-reactive ketones (excluding diaryl/α,β-unsaturated/α-hetero) is 1. The molecule has 1 aliphatic rings. The zero-order chi connectivity index (χ0) is 13.7. The Bertz CT molecular complexity index is 461. The van der Waals surface area contributed by atoms with E-state index in [0.29, 0.717) is 24.1 Å². The summed E-state index contributed by atoms with van der Waals surface area (Å²) in [6.07, 6.45) is 4.23. The van der Waals surface area contributed by atoms with E-state index < -0.39 is 5.92 Å². The molecule has 0 N–H and O–H groups in total. The zero-order valence-corrected chi connectivity index (χ0v) is 11.1. The Kier molecular flexibility index (Phi) is 4.64. The Morgan fingerprint density at radius 2 is 2.37 bits per heavy atom. The third-order valence-electron chi connectivity index (χ3n) is 3.52. The van der Waals surface area contributed by atoms with Crippen molar-refractivity contribution in [3.63, 3.8) is 0 Å². The molecular formula is C15H18N2O2. The first kappa shape index (κ1) is 13.7. The lowest BCUT2D eigenvalue weighted by Crippen LogP contribution is -2.33. The van der Waals surface area contributed by atoms with Crippen LogP contribution in [0.15, 0.2) is 24.4 Å². The normalized spacial score (nSPS) is 23.2. The van der Waals surface area contributed by atoms with E-state index in [1.54, 1.807) is 24.4 Å². The number of ether oxygens (including phenoxy) is 1. The summed E-state index contributed by atoms with van der Waals surface area (Å²) in [7, 11) is 0. The number of nitrogens with zero attached hydrogens (tertiary/aromatic N) is 2. The van der Waals surface area contributed by atoms with Crippen molar-refractivity contribution in [2.45, 2.75) is 38.2 Å². The van der Waals surface area contributed by atoms with E-state index in [1.165, 1.54) is 0 Å². The summed E-state index contributed by atoms with van der Waals surface area (Å²) in [5.74, 6) is -0.392. The predicted molar refractivity (Wildman–Crippen MR) is 70.4 cm³/mol. The Hall–Kier alpha value is -1.73. The van der Waals surface area contributed by atoms with Crippen molar-refractivity contribution in [1.29, 1.82) is 5.26 Å². The molecule has 0 radical (unpaired) electrons. The molecule has 19 heavy (non-hydrogen) atoms. The number of carbonyl (C=O) groups is 1. The van der Waals surface area contributed by atoms with Crippen LogP contribution in [0, 0.1) is 17.2 Å². The lowest BCUT2D eigenvalue weighted by atomic mass is 9.77. The number of pyridine rings is 1. The molecule has 0 aromatic carbocycles. The molecule has 4 nitrogen and oxygen atoms in total. The van der Waals surface area contributed by atoms with Crippen LogP contribution in [0.5, 0.6) is 0 Å². The summed E-state index contributed by atoms with van der Waals surface area (Å²) in [6.45, 7) is 2.70. The minimum Gasteiger partial charge on any atom is -0.378 e. The Balaban J connectivity index is 1.88. The van der Waals surface area contributed by atoms with Gasteiger partial charge in [-0.05, 0) is 37.8 Å². The van der Waals surface area contributed by atoms with E-state index >= 15 is 0 Å². The van der Waals surface area contributed by atoms with Crippen LogP contribution in [0.3, 0.4) is 0 Å². The maximum absolute atomic E-state index is 12.1. The fourth-order valence-electron chi connectivity index (χ4n) is 2.47. The quantitative estimate of drug-likeness (QED) is 0.786. The van der Waals surface area contributed by atoms with Crippen LogP contribution in [0.4, 0.5) is 0 Å². The smallest absolute Gasteiger partial charge is 0.156 e. The second-order valence-corrected chi connectivity index (χ2v) is 4.90. The molecule has 0 aliphatic heterocycles. The molecule has 1 fully saturated rings. The molecule has 100 valence electrons. The van der Waals surface area contributed by atoms with Crippen molar-refractivity contribution in [3.8, 4) is 6.07 Å². The second kappa shape index (κ2) is 6.44. The summed E-state index contributed by atoms with van der Waals surface area (Å²) < 4.78 is 5.47. The predicted octanol–water partition coefficient (Wildman–Crippen LogP) is 2.46. The van der Waals surface area contributed by atoms with Gasteiger partial charge in [-0.3, -0.25) is 9.78 Å². The molecule has 0 saturated heterocycles. The van der Waals surface area contributed by atoms with Gasteiger partial charge in [-0.1, -0.05) is 6.07 Å². The minimum absolute atomic E-state index is 0.0267. The maximum atomic E-state index is 12.1. The third-order valence-corrected chi connectivity index (χ3v) is 3.52. The van der Waals surface area contributed by atoms with Crippen LogP contribution >= 0.6 is 0 Å². The molecule has 1 unspecified atom stereocenters. The largest absolute Gasteiger partial charge is 0.378 e. The van der Waals surface area contributed by atoms with Crippen LogP contribution in [0.2, 0.25) is 0 Å². The minimum atomic E-state index is -0.729. The first-order valence-electron chi connectivity index (χ1n) is 6.69. The SMILES string of the molecule is CCOC1CC(CC(=O)C(C#N)c2ccccn2)C1. The van der Waals surface area contributed by atoms with Gasteiger partial charge < -0.3 is 4.74 Å². The fourth-order valence-corrected chi connectivity index (χ4v) is 2.47. The number of carbonyl (C=O) groups excluding carboxylic acids is 1. The highest BCUT2D eigenvalue weighted by atomic mass is 16.5. The van der Waals surface area contributed by atoms with Crippen LogP contribution in [0.1, 0.15) is 37.8 Å². The molecule has 1 atom stereocenters. The van der Waals surface area contributed by atoms with Crippen LogP contribution in [0.25, 0.3) is 0 Å². The lowest BCUT2D eigenvalue weighted by Gasteiger charge is -2.34. The summed E-state index contributed by atoms with van der Waals surface area (Å²) in [5.41, 5.74) is 0.552. The summed E-state index contributed by atoms with van der Waals surface area (Å²) in [6, 6.07) is 7.38. The number of nitriles is 1. The molecular weight excluding hydrogens is 240 g/mol. The van der Waals surface area contributed by atoms with Crippen LogP contribution < -0.4 is 0 Å². The van der Waals surface area contributed by atoms with Gasteiger partial charge in [0.1, 0.15) is 5.92 Å². The molecule has 1 heterocycles. The highest BCUT2D eigenvalue weighted by Crippen LogP contribution is 2.34. The first-order chi connectivity index (χ1) is 9.24. The number of ketones is 1. The van der Waals surface area contributed by atoms with E-state index in [-0.39, 0.29) is 5.78 Å². The van der Waals surface area contributed by atoms with E-state index in [1.807, 2.05) is 6.92 Å². The van der Waals surface area contributed by atoms with Gasteiger partial charge in [0.15, 0.2) is 5.78 Å². The highest BCUT2D eigenvalue weighted by molar-refractivity contribution is 5.88. The molecule has 4 heteroatoms. The van der Waals surface area contributed by atoms with E-state index in [4.69, 9.17) is 10.00 Å². The summed E-state index contributed by atoms with van der Waals surface area (Å²) in [4.78, 5) is 16.2. The van der Waals surface area contributed by atoms with Crippen molar-refractivity contribution in [2.75, 3.05) is 6.61 Å². The standard InChI is InChI=1S/C15H18N2O2/c1-2-19-12-7-11(8-12)9-15(18)13(10-16)14-5-3-4-6-17-14/h3-6,11-13H,2,7-9H2,1H3. The first-order valence-corrected chi connectivity index (χ1v) is 6.69. The van der Waals surface area contributed by atoms with Crippen molar-refractivity contribution in [2.24, 2.45) is 5.92 Å². The van der Waals surface area contributed by atoms with Crippen LogP contribution in [-0.2, 0) is 9.53 Å². The van der Waals surface area contributed by atoms with Gasteiger partial charge in [0, 0.05) is 19.2 Å². The van der Waals surface area contributed by atoms with Crippen molar-refractivity contribution in [1.82, 2.24) is 4.98 Å². The number of aromatic nitrogens is 1. The van der Waals surface area contributed by atoms with E-state index in [9.17, 15) is 4.79 Å². The molecule has 1 aromatic rings. The van der Waals surface area contributed by atoms with Crippen LogP contribution in [-0.4, -0.2) is 23.5 Å². The molecule has 1 aromatic heterocycles. The summed E-state index contributed by atoms with van der Waals surface area (Å²) >= 11 is 0. The molecule has 1 saturated carbocycles. The zero-order valence-electron chi connectivity index (χ0n) is 11.1. The average molecular weight is 258 g/mol. The number of hydrogen-bond acceptors (Lipinski definition) is 4. The number of rotatable bonds is 6. The second-order valence-electron chi connectivity index (χ2n) is 4.90.